The quantitative estimate of drug-likeness (QED) is 0.108. The second-order valence-corrected chi connectivity index (χ2v) is 17.7. The number of unbranched alkanes of at least 4 members (excludes halogenated alkanes) is 2. The van der Waals surface area contributed by atoms with Crippen LogP contribution in [0.3, 0.4) is 0 Å². The van der Waals surface area contributed by atoms with Gasteiger partial charge >= 0.3 is 33.0 Å². The van der Waals surface area contributed by atoms with Gasteiger partial charge < -0.3 is 4.90 Å². The molecule has 9 heteroatoms. The molecule has 276 valence electrons. The van der Waals surface area contributed by atoms with Gasteiger partial charge in [-0.2, -0.15) is 0 Å². The van der Waals surface area contributed by atoms with E-state index in [4.69, 9.17) is 0 Å². The van der Waals surface area contributed by atoms with Gasteiger partial charge in [0.05, 0.1) is 11.3 Å². The molecule has 2 aliphatic heterocycles. The molecule has 0 saturated carbocycles. The van der Waals surface area contributed by atoms with Gasteiger partial charge in [0.2, 0.25) is 0 Å². The van der Waals surface area contributed by atoms with Crippen LogP contribution in [0.15, 0.2) is 84.6 Å². The maximum absolute atomic E-state index is 10.7. The molecule has 0 amide bonds. The third-order valence-corrected chi connectivity index (χ3v) is 11.5. The molecule has 6 rings (SSSR count). The standard InChI is InChI=1S/C41H55N2.F6P/c1-7-9-28-42-34-26-24-30-18-14-16-20-32(30)38(34)40(3,4)36(42)22-12-11-13-23-37-41(5,6)39-33-21-17-15-19-31(33)25-27-35(39)43(37)29-10-8-2;1-7(2,3,4,5)6/h11-23,34-35,38-39H,7-10,24-29H2,1-6H3;/q+1;-1. The van der Waals surface area contributed by atoms with Gasteiger partial charge in [-0.05, 0) is 67.9 Å². The van der Waals surface area contributed by atoms with Crippen LogP contribution >= 0.6 is 7.81 Å². The number of likely N-dealkylation sites (tertiary alicyclic amines) is 1. The summed E-state index contributed by atoms with van der Waals surface area (Å²) in [5.41, 5.74) is 9.60. The van der Waals surface area contributed by atoms with Gasteiger partial charge in [0.15, 0.2) is 11.8 Å². The van der Waals surface area contributed by atoms with E-state index in [1.165, 1.54) is 75.9 Å². The number of halogens is 6. The summed E-state index contributed by atoms with van der Waals surface area (Å²) in [6.07, 6.45) is 21.8. The van der Waals surface area contributed by atoms with Gasteiger partial charge in [-0.25, -0.2) is 4.58 Å². The van der Waals surface area contributed by atoms with Gasteiger partial charge in [-0.15, -0.1) is 0 Å². The average Bonchev–Trinajstić information content (AvgIpc) is 3.39. The zero-order valence-electron chi connectivity index (χ0n) is 30.5. The predicted octanol–water partition coefficient (Wildman–Crippen LogP) is 13.0. The Morgan fingerprint density at radius 2 is 1.30 bits per heavy atom. The summed E-state index contributed by atoms with van der Waals surface area (Å²) in [6, 6.07) is 19.7. The molecule has 0 spiro atoms. The summed E-state index contributed by atoms with van der Waals surface area (Å²) < 4.78 is 62.0. The van der Waals surface area contributed by atoms with Crippen LogP contribution in [0, 0.1) is 10.8 Å². The molecule has 1 fully saturated rings. The van der Waals surface area contributed by atoms with Crippen molar-refractivity contribution >= 4 is 13.5 Å². The van der Waals surface area contributed by atoms with Crippen molar-refractivity contribution in [2.24, 2.45) is 10.8 Å². The van der Waals surface area contributed by atoms with Crippen LogP contribution in [0.4, 0.5) is 25.2 Å². The van der Waals surface area contributed by atoms with Gasteiger partial charge in [0.25, 0.3) is 0 Å². The Labute approximate surface area is 295 Å². The summed E-state index contributed by atoms with van der Waals surface area (Å²) in [6.45, 7) is 17.0. The molecule has 0 radical (unpaired) electrons. The molecule has 2 aromatic rings. The van der Waals surface area contributed by atoms with E-state index in [0.717, 1.165) is 0 Å². The van der Waals surface area contributed by atoms with Crippen molar-refractivity contribution in [2.45, 2.75) is 117 Å². The number of hydrogen-bond acceptors (Lipinski definition) is 1. The van der Waals surface area contributed by atoms with Gasteiger partial charge in [-0.1, -0.05) is 107 Å². The number of nitrogens with zero attached hydrogens (tertiary/aromatic N) is 2. The van der Waals surface area contributed by atoms with Crippen molar-refractivity contribution in [1.29, 1.82) is 0 Å². The Bertz CT molecular complexity index is 1660. The van der Waals surface area contributed by atoms with E-state index in [0.29, 0.717) is 23.9 Å². The molecule has 0 N–H and O–H groups in total. The van der Waals surface area contributed by atoms with Crippen molar-refractivity contribution < 1.29 is 29.8 Å². The second kappa shape index (κ2) is 13.6. The third-order valence-electron chi connectivity index (χ3n) is 11.5. The minimum absolute atomic E-state index is 0.116. The van der Waals surface area contributed by atoms with Crippen molar-refractivity contribution in [3.05, 3.63) is 107 Å². The summed E-state index contributed by atoms with van der Waals surface area (Å²) >= 11 is 0. The van der Waals surface area contributed by atoms with Gasteiger partial charge in [0, 0.05) is 48.5 Å². The Balaban J connectivity index is 0.000000630. The van der Waals surface area contributed by atoms with E-state index in [2.05, 4.69) is 130 Å². The van der Waals surface area contributed by atoms with Crippen LogP contribution in [0.5, 0.6) is 0 Å². The molecule has 0 bridgehead atoms. The topological polar surface area (TPSA) is 6.25 Å². The van der Waals surface area contributed by atoms with Crippen molar-refractivity contribution in [3.63, 3.8) is 0 Å². The van der Waals surface area contributed by atoms with Crippen LogP contribution in [0.25, 0.3) is 0 Å². The molecule has 1 saturated heterocycles. The summed E-state index contributed by atoms with van der Waals surface area (Å²) in [4.78, 5) is 2.79. The molecular weight excluding hydrogens is 665 g/mol. The van der Waals surface area contributed by atoms with Crippen LogP contribution < -0.4 is 0 Å². The minimum atomic E-state index is -10.7. The SMILES string of the molecule is CCCCN1/C(=C/C=C/C=C/C2=[N+](CCCC)C3CCc4ccccc4C3C2(C)C)C(C)(C)C2c3ccccc3CCC21.F[P-](F)(F)(F)(F)F. The molecular formula is C41H55F6N2P. The first-order chi connectivity index (χ1) is 23.3. The van der Waals surface area contributed by atoms with E-state index in [1.54, 1.807) is 22.3 Å². The van der Waals surface area contributed by atoms with Crippen LogP contribution in [0.1, 0.15) is 114 Å². The number of hydrogen-bond donors (Lipinski definition) is 0. The fourth-order valence-electron chi connectivity index (χ4n) is 9.52. The second-order valence-electron chi connectivity index (χ2n) is 15.7. The van der Waals surface area contributed by atoms with E-state index < -0.39 is 7.81 Å². The fourth-order valence-corrected chi connectivity index (χ4v) is 9.52. The molecule has 2 heterocycles. The van der Waals surface area contributed by atoms with Crippen molar-refractivity contribution in [2.75, 3.05) is 13.1 Å². The number of benzene rings is 2. The first-order valence-electron chi connectivity index (χ1n) is 18.4. The summed E-state index contributed by atoms with van der Waals surface area (Å²) in [5, 5.41) is 0. The van der Waals surface area contributed by atoms with E-state index in [1.807, 2.05) is 0 Å². The summed E-state index contributed by atoms with van der Waals surface area (Å²) in [7, 11) is -10.7. The Hall–Kier alpha value is -2.86. The van der Waals surface area contributed by atoms with E-state index >= 15 is 0 Å². The first-order valence-corrected chi connectivity index (χ1v) is 20.5. The Morgan fingerprint density at radius 3 is 1.90 bits per heavy atom. The van der Waals surface area contributed by atoms with Crippen LogP contribution in [0.2, 0.25) is 0 Å². The number of allylic oxidation sites excluding steroid dienone is 6. The molecule has 50 heavy (non-hydrogen) atoms. The molecule has 2 aliphatic carbocycles. The van der Waals surface area contributed by atoms with Gasteiger partial charge in [-0.3, -0.25) is 0 Å². The van der Waals surface area contributed by atoms with Crippen molar-refractivity contribution in [3.8, 4) is 0 Å². The third kappa shape index (κ3) is 8.60. The Morgan fingerprint density at radius 1 is 0.740 bits per heavy atom. The number of fused-ring (bicyclic) bond motifs is 6. The molecule has 2 nitrogen and oxygen atoms in total. The van der Waals surface area contributed by atoms with E-state index in [-0.39, 0.29) is 10.8 Å². The molecule has 4 unspecified atom stereocenters. The molecule has 0 aromatic heterocycles. The zero-order chi connectivity index (χ0) is 36.6. The molecule has 4 aliphatic rings. The fraction of sp³-hybridized carbons (Fsp3) is 0.537. The van der Waals surface area contributed by atoms with Crippen molar-refractivity contribution in [1.82, 2.24) is 4.90 Å². The molecule has 2 aromatic carbocycles. The monoisotopic (exact) mass is 720 g/mol. The molecule has 4 atom stereocenters. The first kappa shape index (κ1) is 38.4. The van der Waals surface area contributed by atoms with Gasteiger partial charge in [0.1, 0.15) is 6.54 Å². The van der Waals surface area contributed by atoms with Crippen LogP contribution in [-0.4, -0.2) is 40.4 Å². The predicted molar refractivity (Wildman–Crippen MR) is 197 cm³/mol. The van der Waals surface area contributed by atoms with E-state index in [9.17, 15) is 25.2 Å². The maximum atomic E-state index is 9.87. The number of aryl methyl sites for hydroxylation is 2. The number of rotatable bonds is 9. The zero-order valence-corrected chi connectivity index (χ0v) is 31.4. The van der Waals surface area contributed by atoms with Crippen LogP contribution in [-0.2, 0) is 12.8 Å². The Kier molecular flexibility index (Phi) is 10.4. The summed E-state index contributed by atoms with van der Waals surface area (Å²) in [5.74, 6) is 1.13. The average molecular weight is 721 g/mol. The normalized spacial score (nSPS) is 27.4.